The zero-order valence-corrected chi connectivity index (χ0v) is 16.1. The zero-order chi connectivity index (χ0) is 19.2. The van der Waals surface area contributed by atoms with Gasteiger partial charge in [-0.1, -0.05) is 24.3 Å². The molecule has 1 aromatic heterocycles. The topological polar surface area (TPSA) is 52.5 Å². The quantitative estimate of drug-likeness (QED) is 0.661. The summed E-state index contributed by atoms with van der Waals surface area (Å²) in [6, 6.07) is 16.2. The molecule has 142 valence electrons. The molecule has 0 bridgehead atoms. The Bertz CT molecular complexity index is 930. The van der Waals surface area contributed by atoms with E-state index in [9.17, 15) is 4.79 Å². The summed E-state index contributed by atoms with van der Waals surface area (Å²) < 4.78 is 12.8. The Kier molecular flexibility index (Phi) is 6.01. The molecule has 0 spiro atoms. The van der Waals surface area contributed by atoms with Crippen LogP contribution in [0, 0.1) is 6.92 Å². The second-order valence-electron chi connectivity index (χ2n) is 6.54. The third-order valence-corrected chi connectivity index (χ3v) is 4.76. The Hall–Kier alpha value is -2.95. The molecule has 0 unspecified atom stereocenters. The molecule has 0 saturated carbocycles. The van der Waals surface area contributed by atoms with Crippen molar-refractivity contribution in [1.82, 2.24) is 9.88 Å². The molecule has 3 rings (SSSR count). The molecule has 27 heavy (non-hydrogen) atoms. The van der Waals surface area contributed by atoms with Gasteiger partial charge in [-0.2, -0.15) is 0 Å². The Morgan fingerprint density at radius 1 is 1.04 bits per heavy atom. The molecule has 0 saturated heterocycles. The predicted molar refractivity (Wildman–Crippen MR) is 108 cm³/mol. The van der Waals surface area contributed by atoms with Crippen molar-refractivity contribution in [3.05, 3.63) is 59.8 Å². The lowest BCUT2D eigenvalue weighted by Crippen LogP contribution is -2.26. The van der Waals surface area contributed by atoms with Crippen molar-refractivity contribution in [3.63, 3.8) is 0 Å². The summed E-state index contributed by atoms with van der Waals surface area (Å²) in [6.45, 7) is 3.36. The van der Waals surface area contributed by atoms with Gasteiger partial charge in [0.25, 0.3) is 0 Å². The molecule has 1 N–H and O–H groups in total. The number of aryl methyl sites for hydroxylation is 2. The van der Waals surface area contributed by atoms with Gasteiger partial charge in [-0.05, 0) is 48.6 Å². The first-order valence-electron chi connectivity index (χ1n) is 9.15. The maximum absolute atomic E-state index is 12.2. The number of fused-ring (bicyclic) bond motifs is 1. The van der Waals surface area contributed by atoms with Crippen LogP contribution in [0.4, 0.5) is 0 Å². The molecule has 0 atom stereocenters. The highest BCUT2D eigenvalue weighted by Crippen LogP contribution is 2.27. The van der Waals surface area contributed by atoms with Crippen LogP contribution in [-0.2, 0) is 17.8 Å². The van der Waals surface area contributed by atoms with E-state index in [1.54, 1.807) is 14.2 Å². The van der Waals surface area contributed by atoms with Crippen LogP contribution in [0.25, 0.3) is 10.9 Å². The standard InChI is InChI=1S/C22H26N2O3/c1-16-14-18-6-4-5-7-19(18)24(16)13-11-22(25)23-12-10-17-8-9-20(26-2)21(15-17)27-3/h4-9,14-15H,10-13H2,1-3H3,(H,23,25). The van der Waals surface area contributed by atoms with E-state index in [1.807, 2.05) is 30.3 Å². The van der Waals surface area contributed by atoms with Gasteiger partial charge >= 0.3 is 0 Å². The number of nitrogens with zero attached hydrogens (tertiary/aromatic N) is 1. The third-order valence-electron chi connectivity index (χ3n) is 4.76. The van der Waals surface area contributed by atoms with Gasteiger partial charge in [-0.3, -0.25) is 4.79 Å². The summed E-state index contributed by atoms with van der Waals surface area (Å²) in [7, 11) is 3.24. The van der Waals surface area contributed by atoms with E-state index in [-0.39, 0.29) is 5.91 Å². The number of carbonyl (C=O) groups excluding carboxylic acids is 1. The SMILES string of the molecule is COc1ccc(CCNC(=O)CCn2c(C)cc3ccccc32)cc1OC. The maximum atomic E-state index is 12.2. The van der Waals surface area contributed by atoms with Gasteiger partial charge in [0.05, 0.1) is 14.2 Å². The van der Waals surface area contributed by atoms with Crippen LogP contribution in [0.2, 0.25) is 0 Å². The van der Waals surface area contributed by atoms with Crippen molar-refractivity contribution < 1.29 is 14.3 Å². The van der Waals surface area contributed by atoms with Crippen molar-refractivity contribution >= 4 is 16.8 Å². The summed E-state index contributed by atoms with van der Waals surface area (Å²) in [5.41, 5.74) is 3.45. The lowest BCUT2D eigenvalue weighted by atomic mass is 10.1. The lowest BCUT2D eigenvalue weighted by molar-refractivity contribution is -0.121. The van der Waals surface area contributed by atoms with Crippen molar-refractivity contribution in [3.8, 4) is 11.5 Å². The second kappa shape index (κ2) is 8.62. The van der Waals surface area contributed by atoms with Gasteiger partial charge in [-0.25, -0.2) is 0 Å². The highest BCUT2D eigenvalue weighted by Gasteiger charge is 2.08. The van der Waals surface area contributed by atoms with Crippen LogP contribution in [0.1, 0.15) is 17.7 Å². The molecule has 0 aliphatic carbocycles. The van der Waals surface area contributed by atoms with E-state index in [0.717, 1.165) is 12.0 Å². The Balaban J connectivity index is 1.51. The van der Waals surface area contributed by atoms with E-state index in [4.69, 9.17) is 9.47 Å². The number of amides is 1. The van der Waals surface area contributed by atoms with Crippen LogP contribution in [-0.4, -0.2) is 31.2 Å². The molecule has 1 heterocycles. The summed E-state index contributed by atoms with van der Waals surface area (Å²) in [4.78, 5) is 12.2. The van der Waals surface area contributed by atoms with E-state index >= 15 is 0 Å². The van der Waals surface area contributed by atoms with E-state index in [1.165, 1.54) is 16.6 Å². The average molecular weight is 366 g/mol. The summed E-state index contributed by atoms with van der Waals surface area (Å²) in [6.07, 6.45) is 1.21. The van der Waals surface area contributed by atoms with Gasteiger partial charge in [0.1, 0.15) is 0 Å². The number of methoxy groups -OCH3 is 2. The first-order chi connectivity index (χ1) is 13.1. The van der Waals surface area contributed by atoms with Gasteiger partial charge < -0.3 is 19.4 Å². The van der Waals surface area contributed by atoms with Gasteiger partial charge in [0.15, 0.2) is 11.5 Å². The fourth-order valence-corrected chi connectivity index (χ4v) is 3.33. The van der Waals surface area contributed by atoms with Gasteiger partial charge in [0.2, 0.25) is 5.91 Å². The van der Waals surface area contributed by atoms with E-state index in [2.05, 4.69) is 35.0 Å². The smallest absolute Gasteiger partial charge is 0.221 e. The summed E-state index contributed by atoms with van der Waals surface area (Å²) >= 11 is 0. The van der Waals surface area contributed by atoms with Crippen molar-refractivity contribution in [1.29, 1.82) is 0 Å². The fourth-order valence-electron chi connectivity index (χ4n) is 3.33. The molecule has 0 fully saturated rings. The first kappa shape index (κ1) is 18.8. The number of nitrogens with one attached hydrogen (secondary N) is 1. The van der Waals surface area contributed by atoms with Crippen LogP contribution in [0.5, 0.6) is 11.5 Å². The molecule has 1 amide bonds. The molecular formula is C22H26N2O3. The molecule has 0 aliphatic heterocycles. The number of hydrogen-bond acceptors (Lipinski definition) is 3. The minimum atomic E-state index is 0.0626. The van der Waals surface area contributed by atoms with E-state index in [0.29, 0.717) is 31.0 Å². The molecule has 5 nitrogen and oxygen atoms in total. The minimum Gasteiger partial charge on any atom is -0.493 e. The van der Waals surface area contributed by atoms with Crippen molar-refractivity contribution in [2.45, 2.75) is 26.3 Å². The third kappa shape index (κ3) is 4.42. The number of hydrogen-bond donors (Lipinski definition) is 1. The number of benzene rings is 2. The van der Waals surface area contributed by atoms with Crippen LogP contribution in [0.3, 0.4) is 0 Å². The summed E-state index contributed by atoms with van der Waals surface area (Å²) in [5.74, 6) is 1.48. The molecule has 3 aromatic rings. The molecule has 0 aliphatic rings. The summed E-state index contributed by atoms with van der Waals surface area (Å²) in [5, 5.41) is 4.21. The Morgan fingerprint density at radius 2 is 1.81 bits per heavy atom. The first-order valence-corrected chi connectivity index (χ1v) is 9.15. The van der Waals surface area contributed by atoms with Crippen molar-refractivity contribution in [2.75, 3.05) is 20.8 Å². The highest BCUT2D eigenvalue weighted by molar-refractivity contribution is 5.81. The number of ether oxygens (including phenoxy) is 2. The Labute approximate surface area is 159 Å². The van der Waals surface area contributed by atoms with Crippen LogP contribution < -0.4 is 14.8 Å². The van der Waals surface area contributed by atoms with Gasteiger partial charge in [-0.15, -0.1) is 0 Å². The molecule has 2 aromatic carbocycles. The van der Waals surface area contributed by atoms with Crippen LogP contribution in [0.15, 0.2) is 48.5 Å². The van der Waals surface area contributed by atoms with Crippen LogP contribution >= 0.6 is 0 Å². The average Bonchev–Trinajstić information content (AvgIpc) is 3.01. The largest absolute Gasteiger partial charge is 0.493 e. The molecule has 0 radical (unpaired) electrons. The van der Waals surface area contributed by atoms with Gasteiger partial charge in [0, 0.05) is 30.7 Å². The number of carbonyl (C=O) groups is 1. The Morgan fingerprint density at radius 3 is 2.59 bits per heavy atom. The highest BCUT2D eigenvalue weighted by atomic mass is 16.5. The number of aromatic nitrogens is 1. The fraction of sp³-hybridized carbons (Fsp3) is 0.318. The number of rotatable bonds is 8. The maximum Gasteiger partial charge on any atom is 0.221 e. The lowest BCUT2D eigenvalue weighted by Gasteiger charge is -2.11. The second-order valence-corrected chi connectivity index (χ2v) is 6.54. The molecule has 5 heteroatoms. The minimum absolute atomic E-state index is 0.0626. The zero-order valence-electron chi connectivity index (χ0n) is 16.1. The van der Waals surface area contributed by atoms with Crippen molar-refractivity contribution in [2.24, 2.45) is 0 Å². The van der Waals surface area contributed by atoms with E-state index < -0.39 is 0 Å². The normalized spacial score (nSPS) is 10.8. The molecular weight excluding hydrogens is 340 g/mol. The number of para-hydroxylation sites is 1. The predicted octanol–water partition coefficient (Wildman–Crippen LogP) is 3.72. The monoisotopic (exact) mass is 366 g/mol.